The van der Waals surface area contributed by atoms with E-state index >= 15 is 0 Å². The van der Waals surface area contributed by atoms with Crippen LogP contribution >= 0.6 is 0 Å². The molecule has 1 atom stereocenters. The number of carbonyl (C=O) groups excluding carboxylic acids is 2. The molecule has 0 saturated carbocycles. The Labute approximate surface area is 202 Å². The van der Waals surface area contributed by atoms with E-state index in [9.17, 15) is 9.59 Å². The van der Waals surface area contributed by atoms with Gasteiger partial charge < -0.3 is 19.5 Å². The lowest BCUT2D eigenvalue weighted by Crippen LogP contribution is -2.29. The van der Waals surface area contributed by atoms with E-state index in [4.69, 9.17) is 19.2 Å². The summed E-state index contributed by atoms with van der Waals surface area (Å²) in [6, 6.07) is 2.00. The molecule has 2 aromatic rings. The van der Waals surface area contributed by atoms with Crippen LogP contribution in [-0.2, 0) is 27.1 Å². The first-order valence-corrected chi connectivity index (χ1v) is 12.1. The monoisotopic (exact) mass is 473 g/mol. The summed E-state index contributed by atoms with van der Waals surface area (Å²) in [5, 5.41) is 3.26. The molecule has 34 heavy (non-hydrogen) atoms. The molecule has 1 aliphatic carbocycles. The lowest BCUT2D eigenvalue weighted by molar-refractivity contribution is 0.0455. The maximum absolute atomic E-state index is 13.4. The molecule has 1 aliphatic rings. The fourth-order valence-corrected chi connectivity index (χ4v) is 4.43. The van der Waals surface area contributed by atoms with Crippen molar-refractivity contribution < 1.29 is 23.8 Å². The zero-order valence-corrected chi connectivity index (χ0v) is 21.8. The van der Waals surface area contributed by atoms with Gasteiger partial charge in [0, 0.05) is 19.3 Å². The molecule has 2 aromatic heterocycles. The van der Waals surface area contributed by atoms with Crippen molar-refractivity contribution in [2.45, 2.75) is 73.3 Å². The van der Waals surface area contributed by atoms with Crippen LogP contribution in [0.5, 0.6) is 0 Å². The molecule has 1 N–H and O–H groups in total. The van der Waals surface area contributed by atoms with Crippen molar-refractivity contribution in [3.63, 3.8) is 0 Å². The number of hydrogen-bond donors (Lipinski definition) is 1. The van der Waals surface area contributed by atoms with Gasteiger partial charge in [0.1, 0.15) is 11.1 Å². The fourth-order valence-electron chi connectivity index (χ4n) is 4.43. The summed E-state index contributed by atoms with van der Waals surface area (Å²) in [6.07, 6.45) is 2.16. The normalized spacial score (nSPS) is 16.3. The van der Waals surface area contributed by atoms with Crippen LogP contribution in [0, 0.1) is 11.3 Å². The Morgan fingerprint density at radius 1 is 1.21 bits per heavy atom. The smallest absolute Gasteiger partial charge is 0.419 e. The van der Waals surface area contributed by atoms with E-state index in [1.807, 2.05) is 6.07 Å². The van der Waals surface area contributed by atoms with Gasteiger partial charge >= 0.3 is 12.1 Å². The SMILES string of the molecule is CCOC(=O)c1c(NCCOC)c2nc3c(cc2n1C(=O)OC(C)(C)C)CC(C(C)(C)C)CC3. The molecule has 0 aromatic carbocycles. The molecule has 0 spiro atoms. The van der Waals surface area contributed by atoms with Gasteiger partial charge in [0.15, 0.2) is 5.69 Å². The second-order valence-electron chi connectivity index (χ2n) is 10.9. The summed E-state index contributed by atoms with van der Waals surface area (Å²) >= 11 is 0. The molecule has 3 rings (SSSR count). The molecular weight excluding hydrogens is 434 g/mol. The first-order valence-electron chi connectivity index (χ1n) is 12.1. The number of esters is 1. The molecule has 8 heteroatoms. The average molecular weight is 474 g/mol. The first kappa shape index (κ1) is 26.0. The van der Waals surface area contributed by atoms with Gasteiger partial charge in [-0.1, -0.05) is 20.8 Å². The van der Waals surface area contributed by atoms with Crippen molar-refractivity contribution >= 4 is 28.8 Å². The minimum Gasteiger partial charge on any atom is -0.461 e. The standard InChI is InChI=1S/C26H39N3O5/c1-9-33-23(30)22-21(27-12-13-32-8)20-19(29(22)24(31)34-26(5,6)7)15-16-14-17(25(2,3)4)10-11-18(16)28-20/h15,17,27H,9-14H2,1-8H3. The number of nitrogens with zero attached hydrogens (tertiary/aromatic N) is 2. The summed E-state index contributed by atoms with van der Waals surface area (Å²) in [5.41, 5.74) is 3.25. The van der Waals surface area contributed by atoms with Crippen molar-refractivity contribution in [2.24, 2.45) is 11.3 Å². The van der Waals surface area contributed by atoms with Crippen LogP contribution in [0.2, 0.25) is 0 Å². The van der Waals surface area contributed by atoms with Gasteiger partial charge in [-0.25, -0.2) is 19.1 Å². The summed E-state index contributed by atoms with van der Waals surface area (Å²) in [7, 11) is 1.61. The zero-order valence-electron chi connectivity index (χ0n) is 21.8. The highest BCUT2D eigenvalue weighted by molar-refractivity contribution is 6.09. The Balaban J connectivity index is 2.25. The summed E-state index contributed by atoms with van der Waals surface area (Å²) in [5.74, 6) is -0.0927. The third-order valence-electron chi connectivity index (χ3n) is 6.18. The maximum atomic E-state index is 13.4. The number of anilines is 1. The minimum atomic E-state index is -0.734. The van der Waals surface area contributed by atoms with Crippen LogP contribution in [0.15, 0.2) is 6.07 Å². The van der Waals surface area contributed by atoms with Crippen LogP contribution in [0.1, 0.15) is 76.6 Å². The Morgan fingerprint density at radius 3 is 2.50 bits per heavy atom. The van der Waals surface area contributed by atoms with Crippen molar-refractivity contribution in [3.8, 4) is 0 Å². The van der Waals surface area contributed by atoms with Crippen molar-refractivity contribution in [3.05, 3.63) is 23.0 Å². The quantitative estimate of drug-likeness (QED) is 0.455. The summed E-state index contributed by atoms with van der Waals surface area (Å²) in [4.78, 5) is 31.5. The third kappa shape index (κ3) is 5.54. The van der Waals surface area contributed by atoms with Crippen LogP contribution < -0.4 is 5.32 Å². The molecule has 0 saturated heterocycles. The molecule has 2 heterocycles. The predicted molar refractivity (Wildman–Crippen MR) is 133 cm³/mol. The molecular formula is C26H39N3O5. The summed E-state index contributed by atoms with van der Waals surface area (Å²) < 4.78 is 17.5. The van der Waals surface area contributed by atoms with Crippen LogP contribution in [0.25, 0.3) is 11.0 Å². The highest BCUT2D eigenvalue weighted by Gasteiger charge is 2.34. The first-order chi connectivity index (χ1) is 15.9. The van der Waals surface area contributed by atoms with E-state index in [0.29, 0.717) is 35.8 Å². The number of rotatable bonds is 6. The number of pyridine rings is 1. The Morgan fingerprint density at radius 2 is 1.91 bits per heavy atom. The van der Waals surface area contributed by atoms with E-state index in [0.717, 1.165) is 30.5 Å². The van der Waals surface area contributed by atoms with E-state index in [1.165, 1.54) is 4.57 Å². The lowest BCUT2D eigenvalue weighted by Gasteiger charge is -2.34. The molecule has 0 fully saturated rings. The number of aryl methyl sites for hydroxylation is 1. The molecule has 1 unspecified atom stereocenters. The van der Waals surface area contributed by atoms with Crippen LogP contribution in [0.3, 0.4) is 0 Å². The third-order valence-corrected chi connectivity index (χ3v) is 6.18. The fraction of sp³-hybridized carbons (Fsp3) is 0.654. The van der Waals surface area contributed by atoms with E-state index in [-0.39, 0.29) is 17.7 Å². The second kappa shape index (κ2) is 9.94. The van der Waals surface area contributed by atoms with E-state index in [1.54, 1.807) is 34.8 Å². The Bertz CT molecular complexity index is 1060. The van der Waals surface area contributed by atoms with Crippen LogP contribution in [0.4, 0.5) is 10.5 Å². The number of methoxy groups -OCH3 is 1. The molecule has 0 aliphatic heterocycles. The molecule has 8 nitrogen and oxygen atoms in total. The van der Waals surface area contributed by atoms with Gasteiger partial charge in [-0.2, -0.15) is 0 Å². The zero-order chi connectivity index (χ0) is 25.3. The number of aromatic nitrogens is 2. The summed E-state index contributed by atoms with van der Waals surface area (Å²) in [6.45, 7) is 15.0. The number of hydrogen-bond acceptors (Lipinski definition) is 7. The van der Waals surface area contributed by atoms with Crippen molar-refractivity contribution in [1.29, 1.82) is 0 Å². The van der Waals surface area contributed by atoms with Crippen molar-refractivity contribution in [2.75, 3.05) is 32.2 Å². The lowest BCUT2D eigenvalue weighted by atomic mass is 9.71. The Kier molecular flexibility index (Phi) is 7.60. The molecule has 0 amide bonds. The van der Waals surface area contributed by atoms with Gasteiger partial charge in [0.25, 0.3) is 0 Å². The largest absolute Gasteiger partial charge is 0.461 e. The highest BCUT2D eigenvalue weighted by Crippen LogP contribution is 2.40. The number of ether oxygens (including phenoxy) is 3. The number of carbonyl (C=O) groups is 2. The van der Waals surface area contributed by atoms with Gasteiger partial charge in [-0.05, 0) is 69.9 Å². The topological polar surface area (TPSA) is 91.7 Å². The highest BCUT2D eigenvalue weighted by atomic mass is 16.6. The van der Waals surface area contributed by atoms with Gasteiger partial charge in [-0.3, -0.25) is 0 Å². The maximum Gasteiger partial charge on any atom is 0.419 e. The Hall–Kier alpha value is -2.61. The number of nitrogens with one attached hydrogen (secondary N) is 1. The van der Waals surface area contributed by atoms with Gasteiger partial charge in [0.05, 0.1) is 24.4 Å². The van der Waals surface area contributed by atoms with Crippen LogP contribution in [-0.4, -0.2) is 54.1 Å². The molecule has 0 bridgehead atoms. The van der Waals surface area contributed by atoms with Gasteiger partial charge in [0.2, 0.25) is 0 Å². The molecule has 0 radical (unpaired) electrons. The van der Waals surface area contributed by atoms with Gasteiger partial charge in [-0.15, -0.1) is 0 Å². The predicted octanol–water partition coefficient (Wildman–Crippen LogP) is 5.21. The van der Waals surface area contributed by atoms with E-state index < -0.39 is 17.7 Å². The second-order valence-corrected chi connectivity index (χ2v) is 10.9. The average Bonchev–Trinajstić information content (AvgIpc) is 3.03. The minimum absolute atomic E-state index is 0.101. The van der Waals surface area contributed by atoms with E-state index in [2.05, 4.69) is 26.1 Å². The van der Waals surface area contributed by atoms with Crippen molar-refractivity contribution in [1.82, 2.24) is 9.55 Å². The number of fused-ring (bicyclic) bond motifs is 2. The molecule has 188 valence electrons.